The molecule has 0 amide bonds. The molecule has 2 N–H and O–H groups in total. The van der Waals surface area contributed by atoms with Gasteiger partial charge in [0.2, 0.25) is 0 Å². The third-order valence-corrected chi connectivity index (χ3v) is 2.67. The van der Waals surface area contributed by atoms with Crippen LogP contribution >= 0.6 is 22.6 Å². The highest BCUT2D eigenvalue weighted by molar-refractivity contribution is 14.1. The molecule has 1 nitrogen and oxygen atoms in total. The van der Waals surface area contributed by atoms with E-state index in [1.54, 1.807) is 6.07 Å². The van der Waals surface area contributed by atoms with E-state index in [1.807, 2.05) is 20.8 Å². The molecule has 0 aliphatic heterocycles. The van der Waals surface area contributed by atoms with Crippen LogP contribution < -0.4 is 5.73 Å². The van der Waals surface area contributed by atoms with E-state index < -0.39 is 0 Å². The van der Waals surface area contributed by atoms with Crippen LogP contribution in [0.1, 0.15) is 26.3 Å². The van der Waals surface area contributed by atoms with E-state index in [0.717, 1.165) is 9.13 Å². The zero-order valence-electron chi connectivity index (χ0n) is 7.99. The van der Waals surface area contributed by atoms with Gasteiger partial charge in [0, 0.05) is 14.8 Å². The minimum atomic E-state index is -0.211. The zero-order valence-corrected chi connectivity index (χ0v) is 10.1. The fraction of sp³-hybridized carbons (Fsp3) is 0.400. The molecule has 0 fully saturated rings. The van der Waals surface area contributed by atoms with Gasteiger partial charge in [-0.2, -0.15) is 0 Å². The Hall–Kier alpha value is -0.320. The number of rotatable bonds is 0. The summed E-state index contributed by atoms with van der Waals surface area (Å²) in [6.45, 7) is 5.97. The molecule has 1 aromatic carbocycles. The number of halogens is 2. The summed E-state index contributed by atoms with van der Waals surface area (Å²) in [6.07, 6.45) is 0. The number of nitrogens with two attached hydrogens (primary N) is 1. The first kappa shape index (κ1) is 10.8. The van der Waals surface area contributed by atoms with Crippen LogP contribution in [-0.4, -0.2) is 0 Å². The molecule has 0 bridgehead atoms. The molecule has 0 unspecified atom stereocenters. The van der Waals surface area contributed by atoms with Gasteiger partial charge in [-0.05, 0) is 40.1 Å². The minimum absolute atomic E-state index is 0.172. The fourth-order valence-corrected chi connectivity index (χ4v) is 2.74. The molecule has 0 aliphatic carbocycles. The monoisotopic (exact) mass is 293 g/mol. The van der Waals surface area contributed by atoms with Crippen LogP contribution in [0.2, 0.25) is 0 Å². The van der Waals surface area contributed by atoms with Crippen molar-refractivity contribution in [3.63, 3.8) is 0 Å². The van der Waals surface area contributed by atoms with Gasteiger partial charge >= 0.3 is 0 Å². The molecule has 0 heterocycles. The summed E-state index contributed by atoms with van der Waals surface area (Å²) in [4.78, 5) is 0. The second kappa shape index (κ2) is 3.44. The summed E-state index contributed by atoms with van der Waals surface area (Å²) in [7, 11) is 0. The van der Waals surface area contributed by atoms with E-state index in [9.17, 15) is 4.39 Å². The summed E-state index contributed by atoms with van der Waals surface area (Å²) >= 11 is 2.12. The largest absolute Gasteiger partial charge is 0.399 e. The van der Waals surface area contributed by atoms with Crippen molar-refractivity contribution < 1.29 is 4.39 Å². The first-order valence-electron chi connectivity index (χ1n) is 4.07. The Morgan fingerprint density at radius 1 is 1.31 bits per heavy atom. The van der Waals surface area contributed by atoms with Gasteiger partial charge in [0.05, 0.1) is 0 Å². The van der Waals surface area contributed by atoms with Gasteiger partial charge < -0.3 is 5.73 Å². The summed E-state index contributed by atoms with van der Waals surface area (Å²) in [5.74, 6) is -0.211. The minimum Gasteiger partial charge on any atom is -0.399 e. The lowest BCUT2D eigenvalue weighted by molar-refractivity contribution is 0.520. The van der Waals surface area contributed by atoms with Gasteiger partial charge in [-0.1, -0.05) is 20.8 Å². The summed E-state index contributed by atoms with van der Waals surface area (Å²) in [5, 5.41) is 0. The van der Waals surface area contributed by atoms with Crippen molar-refractivity contribution in [2.75, 3.05) is 5.73 Å². The maximum absolute atomic E-state index is 13.5. The molecule has 0 saturated carbocycles. The van der Waals surface area contributed by atoms with Crippen LogP contribution in [0.5, 0.6) is 0 Å². The molecule has 0 saturated heterocycles. The average Bonchev–Trinajstić information content (AvgIpc) is 1.78. The lowest BCUT2D eigenvalue weighted by Crippen LogP contribution is -2.16. The molecule has 3 heteroatoms. The van der Waals surface area contributed by atoms with Crippen molar-refractivity contribution >= 4 is 28.3 Å². The first-order chi connectivity index (χ1) is 5.82. The Morgan fingerprint density at radius 3 is 2.23 bits per heavy atom. The van der Waals surface area contributed by atoms with E-state index in [1.165, 1.54) is 6.07 Å². The van der Waals surface area contributed by atoms with Crippen LogP contribution in [0.25, 0.3) is 0 Å². The van der Waals surface area contributed by atoms with Crippen molar-refractivity contribution in [1.82, 2.24) is 0 Å². The van der Waals surface area contributed by atoms with Gasteiger partial charge in [-0.3, -0.25) is 0 Å². The molecular formula is C10H13FIN. The molecule has 0 spiro atoms. The highest BCUT2D eigenvalue weighted by Gasteiger charge is 2.21. The molecule has 0 radical (unpaired) electrons. The second-order valence-corrected chi connectivity index (χ2v) is 5.27. The molecule has 0 aromatic heterocycles. The van der Waals surface area contributed by atoms with Crippen LogP contribution in [0.3, 0.4) is 0 Å². The average molecular weight is 293 g/mol. The Kier molecular flexibility index (Phi) is 2.85. The van der Waals surface area contributed by atoms with Crippen molar-refractivity contribution in [2.24, 2.45) is 0 Å². The number of nitrogen functional groups attached to an aromatic ring is 1. The van der Waals surface area contributed by atoms with E-state index in [2.05, 4.69) is 22.6 Å². The maximum atomic E-state index is 13.5. The van der Waals surface area contributed by atoms with E-state index in [0.29, 0.717) is 5.69 Å². The second-order valence-electron chi connectivity index (χ2n) is 4.11. The fourth-order valence-electron chi connectivity index (χ4n) is 1.31. The topological polar surface area (TPSA) is 26.0 Å². The van der Waals surface area contributed by atoms with E-state index in [4.69, 9.17) is 5.73 Å². The number of hydrogen-bond donors (Lipinski definition) is 1. The molecule has 1 rings (SSSR count). The Bertz CT molecular complexity index is 305. The predicted octanol–water partition coefficient (Wildman–Crippen LogP) is 3.31. The lowest BCUT2D eigenvalue weighted by atomic mass is 9.86. The van der Waals surface area contributed by atoms with Crippen LogP contribution in [-0.2, 0) is 5.41 Å². The van der Waals surface area contributed by atoms with Crippen molar-refractivity contribution in [3.8, 4) is 0 Å². The number of hydrogen-bond acceptors (Lipinski definition) is 1. The predicted molar refractivity (Wildman–Crippen MR) is 62.2 cm³/mol. The highest BCUT2D eigenvalue weighted by Crippen LogP contribution is 2.31. The van der Waals surface area contributed by atoms with Gasteiger partial charge in [0.25, 0.3) is 0 Å². The molecular weight excluding hydrogens is 280 g/mol. The number of benzene rings is 1. The Labute approximate surface area is 91.7 Å². The van der Waals surface area contributed by atoms with Gasteiger partial charge in [0.1, 0.15) is 5.82 Å². The normalized spacial score (nSPS) is 11.8. The summed E-state index contributed by atoms with van der Waals surface area (Å²) in [6, 6.07) is 3.17. The quantitative estimate of drug-likeness (QED) is 0.576. The standard InChI is InChI=1S/C10H13FIN/c1-10(2,3)9-7(11)4-6(13)5-8(9)12/h4-5H,13H2,1-3H3. The Morgan fingerprint density at radius 2 is 1.85 bits per heavy atom. The van der Waals surface area contributed by atoms with Crippen LogP contribution in [0.15, 0.2) is 12.1 Å². The SMILES string of the molecule is CC(C)(C)c1c(F)cc(N)cc1I. The van der Waals surface area contributed by atoms with Crippen LogP contribution in [0, 0.1) is 9.39 Å². The molecule has 0 aliphatic rings. The van der Waals surface area contributed by atoms with Gasteiger partial charge in [0.15, 0.2) is 0 Å². The third-order valence-electron chi connectivity index (χ3n) is 1.81. The van der Waals surface area contributed by atoms with Crippen LogP contribution in [0.4, 0.5) is 10.1 Å². The first-order valence-corrected chi connectivity index (χ1v) is 5.15. The summed E-state index contributed by atoms with van der Waals surface area (Å²) in [5.41, 5.74) is 6.57. The maximum Gasteiger partial charge on any atom is 0.130 e. The van der Waals surface area contributed by atoms with Gasteiger partial charge in [-0.15, -0.1) is 0 Å². The smallest absolute Gasteiger partial charge is 0.130 e. The van der Waals surface area contributed by atoms with E-state index >= 15 is 0 Å². The highest BCUT2D eigenvalue weighted by atomic mass is 127. The van der Waals surface area contributed by atoms with Crippen molar-refractivity contribution in [1.29, 1.82) is 0 Å². The number of anilines is 1. The lowest BCUT2D eigenvalue weighted by Gasteiger charge is -2.21. The molecule has 13 heavy (non-hydrogen) atoms. The zero-order chi connectivity index (χ0) is 10.2. The Balaban J connectivity index is 3.38. The molecule has 0 atom stereocenters. The van der Waals surface area contributed by atoms with Crippen molar-refractivity contribution in [2.45, 2.75) is 26.2 Å². The summed E-state index contributed by atoms with van der Waals surface area (Å²) < 4.78 is 14.4. The van der Waals surface area contributed by atoms with E-state index in [-0.39, 0.29) is 11.2 Å². The molecule has 1 aromatic rings. The third kappa shape index (κ3) is 2.33. The van der Waals surface area contributed by atoms with Gasteiger partial charge in [-0.25, -0.2) is 4.39 Å². The molecule has 72 valence electrons. The van der Waals surface area contributed by atoms with Crippen molar-refractivity contribution in [3.05, 3.63) is 27.1 Å².